The number of hydrazine groups is 1. The van der Waals surface area contributed by atoms with Crippen molar-refractivity contribution < 1.29 is 9.32 Å². The van der Waals surface area contributed by atoms with Crippen molar-refractivity contribution in [2.75, 3.05) is 0 Å². The number of carbonyl (C=O) groups is 1. The second kappa shape index (κ2) is 9.34. The first kappa shape index (κ1) is 20.5. The number of aryl methyl sites for hydroxylation is 1. The van der Waals surface area contributed by atoms with E-state index in [0.717, 1.165) is 11.1 Å². The summed E-state index contributed by atoms with van der Waals surface area (Å²) < 4.78 is 5.29. The minimum absolute atomic E-state index is 0.0195. The third-order valence-electron chi connectivity index (χ3n) is 5.19. The number of pyridine rings is 1. The first-order valence-electron chi connectivity index (χ1n) is 9.89. The summed E-state index contributed by atoms with van der Waals surface area (Å²) in [6, 6.07) is 11.3. The highest BCUT2D eigenvalue weighted by molar-refractivity contribution is 6.30. The molecule has 0 saturated carbocycles. The Morgan fingerprint density at radius 3 is 2.70 bits per heavy atom. The Morgan fingerprint density at radius 1 is 1.17 bits per heavy atom. The van der Waals surface area contributed by atoms with Crippen LogP contribution in [0.3, 0.4) is 0 Å². The fourth-order valence-electron chi connectivity index (χ4n) is 3.48. The zero-order valence-corrected chi connectivity index (χ0v) is 17.3. The third-order valence-corrected chi connectivity index (χ3v) is 5.44. The normalized spacial score (nSPS) is 20.9. The summed E-state index contributed by atoms with van der Waals surface area (Å²) in [5.74, 6) is 1.20. The minimum Gasteiger partial charge on any atom is -0.339 e. The van der Waals surface area contributed by atoms with Gasteiger partial charge in [-0.25, -0.2) is 10.9 Å². The standard InChI is InChI=1S/C21H23ClN6O2/c1-13-19(14-9-11-23-12-10-14)26-27-20(13)24-17(29)3-2-4-18-25-21(28-30-18)15-5-7-16(22)8-6-15/h5-13,19-20,26-27H,2-4H2,1H3,(H,24,29). The monoisotopic (exact) mass is 426 g/mol. The Labute approximate surface area is 179 Å². The molecule has 1 aromatic carbocycles. The van der Waals surface area contributed by atoms with Gasteiger partial charge in [0, 0.05) is 41.7 Å². The fraction of sp³-hybridized carbons (Fsp3) is 0.333. The minimum atomic E-state index is -0.143. The molecule has 3 unspecified atom stereocenters. The van der Waals surface area contributed by atoms with E-state index in [9.17, 15) is 4.79 Å². The lowest BCUT2D eigenvalue weighted by Crippen LogP contribution is -2.46. The molecule has 3 aromatic rings. The number of halogens is 1. The first-order valence-corrected chi connectivity index (χ1v) is 10.3. The van der Waals surface area contributed by atoms with Crippen molar-refractivity contribution in [3.8, 4) is 11.4 Å². The lowest BCUT2D eigenvalue weighted by molar-refractivity contribution is -0.122. The molecule has 1 aliphatic heterocycles. The van der Waals surface area contributed by atoms with Crippen LogP contribution in [0.25, 0.3) is 11.4 Å². The highest BCUT2D eigenvalue weighted by Gasteiger charge is 2.34. The zero-order chi connectivity index (χ0) is 20.9. The Balaban J connectivity index is 1.23. The van der Waals surface area contributed by atoms with Crippen molar-refractivity contribution in [1.29, 1.82) is 0 Å². The molecule has 4 rings (SSSR count). The zero-order valence-electron chi connectivity index (χ0n) is 16.5. The van der Waals surface area contributed by atoms with Crippen LogP contribution in [-0.4, -0.2) is 27.2 Å². The summed E-state index contributed by atoms with van der Waals surface area (Å²) in [4.78, 5) is 20.8. The first-order chi connectivity index (χ1) is 14.6. The van der Waals surface area contributed by atoms with Gasteiger partial charge in [-0.15, -0.1) is 0 Å². The molecule has 1 amide bonds. The van der Waals surface area contributed by atoms with E-state index in [1.54, 1.807) is 24.5 Å². The summed E-state index contributed by atoms with van der Waals surface area (Å²) in [6.45, 7) is 2.10. The van der Waals surface area contributed by atoms with E-state index >= 15 is 0 Å². The summed E-state index contributed by atoms with van der Waals surface area (Å²) in [5.41, 5.74) is 8.39. The summed E-state index contributed by atoms with van der Waals surface area (Å²) in [5, 5.41) is 7.69. The van der Waals surface area contributed by atoms with Crippen LogP contribution in [0.4, 0.5) is 0 Å². The second-order valence-corrected chi connectivity index (χ2v) is 7.76. The van der Waals surface area contributed by atoms with Crippen LogP contribution in [0.5, 0.6) is 0 Å². The number of hydrogen-bond donors (Lipinski definition) is 3. The van der Waals surface area contributed by atoms with Gasteiger partial charge < -0.3 is 9.84 Å². The van der Waals surface area contributed by atoms with Gasteiger partial charge in [0.05, 0.1) is 12.2 Å². The Kier molecular flexibility index (Phi) is 6.37. The molecule has 30 heavy (non-hydrogen) atoms. The molecule has 0 radical (unpaired) electrons. The van der Waals surface area contributed by atoms with Crippen LogP contribution in [0.15, 0.2) is 53.3 Å². The van der Waals surface area contributed by atoms with Crippen LogP contribution in [0.2, 0.25) is 5.02 Å². The molecule has 3 N–H and O–H groups in total. The van der Waals surface area contributed by atoms with Crippen molar-refractivity contribution in [3.63, 3.8) is 0 Å². The van der Waals surface area contributed by atoms with Gasteiger partial charge in [-0.05, 0) is 48.4 Å². The molecule has 8 nitrogen and oxygen atoms in total. The highest BCUT2D eigenvalue weighted by atomic mass is 35.5. The topological polar surface area (TPSA) is 105 Å². The molecule has 0 bridgehead atoms. The maximum absolute atomic E-state index is 12.4. The van der Waals surface area contributed by atoms with Crippen molar-refractivity contribution >= 4 is 17.5 Å². The molecule has 1 aliphatic rings. The van der Waals surface area contributed by atoms with Crippen LogP contribution in [0, 0.1) is 5.92 Å². The lowest BCUT2D eigenvalue weighted by Gasteiger charge is -2.19. The van der Waals surface area contributed by atoms with Crippen LogP contribution < -0.4 is 16.2 Å². The van der Waals surface area contributed by atoms with Crippen LogP contribution >= 0.6 is 11.6 Å². The smallest absolute Gasteiger partial charge is 0.226 e. The van der Waals surface area contributed by atoms with E-state index in [0.29, 0.717) is 36.0 Å². The molecule has 1 fully saturated rings. The molecule has 2 aromatic heterocycles. The molecule has 0 spiro atoms. The maximum Gasteiger partial charge on any atom is 0.226 e. The van der Waals surface area contributed by atoms with E-state index in [-0.39, 0.29) is 24.0 Å². The average Bonchev–Trinajstić information content (AvgIpc) is 3.37. The van der Waals surface area contributed by atoms with E-state index < -0.39 is 0 Å². The van der Waals surface area contributed by atoms with E-state index in [4.69, 9.17) is 16.1 Å². The summed E-state index contributed by atoms with van der Waals surface area (Å²) in [7, 11) is 0. The molecule has 9 heteroatoms. The van der Waals surface area contributed by atoms with Crippen LogP contribution in [0.1, 0.15) is 37.3 Å². The molecule has 3 atom stereocenters. The highest BCUT2D eigenvalue weighted by Crippen LogP contribution is 2.27. The van der Waals surface area contributed by atoms with Crippen molar-refractivity contribution in [2.24, 2.45) is 5.92 Å². The number of nitrogens with zero attached hydrogens (tertiary/aromatic N) is 3. The lowest BCUT2D eigenvalue weighted by atomic mass is 9.95. The Bertz CT molecular complexity index is 979. The van der Waals surface area contributed by atoms with Crippen molar-refractivity contribution in [2.45, 2.75) is 38.4 Å². The predicted octanol–water partition coefficient (Wildman–Crippen LogP) is 3.04. The van der Waals surface area contributed by atoms with E-state index in [2.05, 4.69) is 38.2 Å². The molecule has 0 aliphatic carbocycles. The van der Waals surface area contributed by atoms with Gasteiger partial charge in [0.25, 0.3) is 0 Å². The van der Waals surface area contributed by atoms with Crippen LogP contribution in [-0.2, 0) is 11.2 Å². The van der Waals surface area contributed by atoms with Gasteiger partial charge in [0.1, 0.15) is 0 Å². The van der Waals surface area contributed by atoms with Gasteiger partial charge in [0.2, 0.25) is 17.6 Å². The van der Waals surface area contributed by atoms with Crippen molar-refractivity contribution in [1.82, 2.24) is 31.3 Å². The van der Waals surface area contributed by atoms with E-state index in [1.807, 2.05) is 24.3 Å². The second-order valence-electron chi connectivity index (χ2n) is 7.32. The number of carbonyl (C=O) groups excluding carboxylic acids is 1. The Morgan fingerprint density at radius 2 is 1.93 bits per heavy atom. The number of nitrogens with one attached hydrogen (secondary N) is 3. The molecule has 156 valence electrons. The van der Waals surface area contributed by atoms with Crippen molar-refractivity contribution in [3.05, 3.63) is 65.3 Å². The predicted molar refractivity (Wildman–Crippen MR) is 112 cm³/mol. The van der Waals surface area contributed by atoms with Gasteiger partial charge in [-0.1, -0.05) is 23.7 Å². The van der Waals surface area contributed by atoms with Gasteiger partial charge >= 0.3 is 0 Å². The van der Waals surface area contributed by atoms with Gasteiger partial charge in [-0.2, -0.15) is 4.98 Å². The Hall–Kier alpha value is -2.81. The summed E-state index contributed by atoms with van der Waals surface area (Å²) >= 11 is 5.90. The number of rotatable bonds is 7. The maximum atomic E-state index is 12.4. The summed E-state index contributed by atoms with van der Waals surface area (Å²) in [6.07, 6.45) is 4.94. The fourth-order valence-corrected chi connectivity index (χ4v) is 3.60. The molecule has 3 heterocycles. The SMILES string of the molecule is CC1C(NC(=O)CCCc2nc(-c3ccc(Cl)cc3)no2)NNC1c1ccncc1. The molecular weight excluding hydrogens is 404 g/mol. The number of aromatic nitrogens is 3. The van der Waals surface area contributed by atoms with Gasteiger partial charge in [0.15, 0.2) is 0 Å². The number of benzene rings is 1. The number of amides is 1. The van der Waals surface area contributed by atoms with E-state index in [1.165, 1.54) is 0 Å². The largest absolute Gasteiger partial charge is 0.339 e. The third kappa shape index (κ3) is 4.84. The number of hydrogen-bond acceptors (Lipinski definition) is 7. The average molecular weight is 427 g/mol. The quantitative estimate of drug-likeness (QED) is 0.533. The molecular formula is C21H23ClN6O2. The van der Waals surface area contributed by atoms with Gasteiger partial charge in [-0.3, -0.25) is 9.78 Å². The molecule has 1 saturated heterocycles.